The van der Waals surface area contributed by atoms with Crippen LogP contribution in [0.1, 0.15) is 29.0 Å². The van der Waals surface area contributed by atoms with Crippen LogP contribution in [0.2, 0.25) is 0 Å². The first kappa shape index (κ1) is 24.6. The van der Waals surface area contributed by atoms with Crippen LogP contribution in [0.3, 0.4) is 0 Å². The number of nitrogens with one attached hydrogen (secondary N) is 2. The van der Waals surface area contributed by atoms with Crippen molar-refractivity contribution >= 4 is 34.6 Å². The van der Waals surface area contributed by atoms with Crippen LogP contribution in [0.4, 0.5) is 15.8 Å². The Kier molecular flexibility index (Phi) is 6.98. The number of hydrogen-bond donors (Lipinski definition) is 2. The summed E-state index contributed by atoms with van der Waals surface area (Å²) in [4.78, 5) is 18.7. The van der Waals surface area contributed by atoms with Crippen molar-refractivity contribution in [2.75, 3.05) is 23.9 Å². The highest BCUT2D eigenvalue weighted by molar-refractivity contribution is 7.80. The van der Waals surface area contributed by atoms with E-state index in [0.29, 0.717) is 16.5 Å². The summed E-state index contributed by atoms with van der Waals surface area (Å²) in [5.41, 5.74) is 4.52. The van der Waals surface area contributed by atoms with Crippen LogP contribution in [0.5, 0.6) is 0 Å². The second-order valence-electron chi connectivity index (χ2n) is 8.73. The highest BCUT2D eigenvalue weighted by atomic mass is 32.1. The summed E-state index contributed by atoms with van der Waals surface area (Å²) in [7, 11) is 1.48. The molecule has 1 amide bonds. The number of aryl methyl sites for hydroxylation is 1. The van der Waals surface area contributed by atoms with Crippen molar-refractivity contribution < 1.29 is 13.9 Å². The van der Waals surface area contributed by atoms with E-state index in [4.69, 9.17) is 17.0 Å². The summed E-state index contributed by atoms with van der Waals surface area (Å²) in [6.45, 7) is 1.90. The molecule has 0 bridgehead atoms. The number of benzene rings is 2. The van der Waals surface area contributed by atoms with Gasteiger partial charge in [-0.05, 0) is 79.3 Å². The number of anilines is 2. The minimum atomic E-state index is -0.328. The first-order chi connectivity index (χ1) is 18.0. The molecule has 0 saturated carbocycles. The molecule has 2 aromatic heterocycles. The molecule has 0 unspecified atom stereocenters. The fourth-order valence-corrected chi connectivity index (χ4v) is 5.04. The second-order valence-corrected chi connectivity index (χ2v) is 9.12. The topological polar surface area (TPSA) is 71.4 Å². The van der Waals surface area contributed by atoms with Crippen LogP contribution in [0.15, 0.2) is 85.2 Å². The zero-order valence-electron chi connectivity index (χ0n) is 20.4. The number of ether oxygens (including phenoxy) is 1. The summed E-state index contributed by atoms with van der Waals surface area (Å²) in [5, 5.41) is 6.82. The number of nitrogens with zero attached hydrogens (tertiary/aromatic N) is 3. The van der Waals surface area contributed by atoms with Crippen molar-refractivity contribution in [3.05, 3.63) is 108 Å². The van der Waals surface area contributed by atoms with Gasteiger partial charge in [0.2, 0.25) is 5.91 Å². The third-order valence-electron chi connectivity index (χ3n) is 6.33. The third-order valence-corrected chi connectivity index (χ3v) is 6.65. The molecule has 2 N–H and O–H groups in total. The van der Waals surface area contributed by atoms with E-state index in [9.17, 15) is 9.18 Å². The second kappa shape index (κ2) is 10.5. The van der Waals surface area contributed by atoms with Gasteiger partial charge >= 0.3 is 0 Å². The standard InChI is InChI=1S/C28H26FN5O2S/c1-18-16-19(12-13-21(18)31-25(35)17-36-2)34-27(26(32-28(34)37)22-9-5-6-14-30-22)24-11-7-15-33(24)23-10-4-3-8-20(23)29/h3-16,26-27H,17H2,1-2H3,(H,31,35)(H,32,37)/t26-,27-/m0/s1. The molecule has 5 rings (SSSR count). The molecule has 2 aromatic carbocycles. The third kappa shape index (κ3) is 4.83. The average molecular weight is 516 g/mol. The number of para-hydroxylation sites is 1. The lowest BCUT2D eigenvalue weighted by molar-refractivity contribution is -0.119. The monoisotopic (exact) mass is 515 g/mol. The summed E-state index contributed by atoms with van der Waals surface area (Å²) < 4.78 is 21.6. The van der Waals surface area contributed by atoms with Gasteiger partial charge in [0.05, 0.1) is 17.4 Å². The van der Waals surface area contributed by atoms with Crippen molar-refractivity contribution in [3.63, 3.8) is 0 Å². The molecule has 9 heteroatoms. The number of amides is 1. The first-order valence-electron chi connectivity index (χ1n) is 11.8. The van der Waals surface area contributed by atoms with Gasteiger partial charge < -0.3 is 24.8 Å². The van der Waals surface area contributed by atoms with Gasteiger partial charge in [0.1, 0.15) is 18.5 Å². The van der Waals surface area contributed by atoms with E-state index in [2.05, 4.69) is 15.6 Å². The number of thiocarbonyl (C=S) groups is 1. The molecule has 37 heavy (non-hydrogen) atoms. The Bertz CT molecular complexity index is 1440. The summed E-state index contributed by atoms with van der Waals surface area (Å²) in [6.07, 6.45) is 3.60. The number of halogens is 1. The Morgan fingerprint density at radius 1 is 1.14 bits per heavy atom. The van der Waals surface area contributed by atoms with E-state index in [1.807, 2.05) is 77.2 Å². The maximum atomic E-state index is 14.9. The highest BCUT2D eigenvalue weighted by Crippen LogP contribution is 2.43. The van der Waals surface area contributed by atoms with Crippen molar-refractivity contribution in [1.82, 2.24) is 14.9 Å². The van der Waals surface area contributed by atoms with Gasteiger partial charge in [-0.15, -0.1) is 0 Å². The summed E-state index contributed by atoms with van der Waals surface area (Å²) in [5.74, 6) is -0.547. The van der Waals surface area contributed by atoms with Gasteiger partial charge in [0.15, 0.2) is 5.11 Å². The maximum Gasteiger partial charge on any atom is 0.250 e. The molecule has 0 aliphatic carbocycles. The molecule has 1 saturated heterocycles. The minimum Gasteiger partial charge on any atom is -0.375 e. The fourth-order valence-electron chi connectivity index (χ4n) is 4.69. The van der Waals surface area contributed by atoms with Crippen LogP contribution in [0.25, 0.3) is 5.69 Å². The average Bonchev–Trinajstić information content (AvgIpc) is 3.50. The normalized spacial score (nSPS) is 17.1. The number of hydrogen-bond acceptors (Lipinski definition) is 4. The maximum absolute atomic E-state index is 14.9. The van der Waals surface area contributed by atoms with Gasteiger partial charge in [-0.2, -0.15) is 0 Å². The number of carbonyl (C=O) groups excluding carboxylic acids is 1. The SMILES string of the molecule is COCC(=O)Nc1ccc(N2C(=S)N[C@@H](c3ccccn3)[C@@H]2c2cccn2-c2ccccc2F)cc1C. The molecule has 4 aromatic rings. The predicted octanol–water partition coefficient (Wildman–Crippen LogP) is 5.08. The molecule has 188 valence electrons. The van der Waals surface area contributed by atoms with Crippen LogP contribution in [0, 0.1) is 12.7 Å². The number of pyridine rings is 1. The van der Waals surface area contributed by atoms with Crippen LogP contribution in [-0.2, 0) is 9.53 Å². The zero-order chi connectivity index (χ0) is 25.9. The zero-order valence-corrected chi connectivity index (χ0v) is 21.2. The van der Waals surface area contributed by atoms with Gasteiger partial charge in [-0.3, -0.25) is 9.78 Å². The van der Waals surface area contributed by atoms with E-state index >= 15 is 0 Å². The molecule has 3 heterocycles. The van der Waals surface area contributed by atoms with Crippen molar-refractivity contribution in [2.24, 2.45) is 0 Å². The van der Waals surface area contributed by atoms with E-state index in [-0.39, 0.29) is 30.4 Å². The van der Waals surface area contributed by atoms with E-state index in [0.717, 1.165) is 22.6 Å². The molecule has 1 aliphatic heterocycles. The Hall–Kier alpha value is -4.08. The molecular formula is C28H26FN5O2S. The minimum absolute atomic E-state index is 0.0256. The molecule has 1 aliphatic rings. The largest absolute Gasteiger partial charge is 0.375 e. The van der Waals surface area contributed by atoms with E-state index in [1.165, 1.54) is 13.2 Å². The molecular weight excluding hydrogens is 489 g/mol. The molecule has 0 spiro atoms. The Morgan fingerprint density at radius 3 is 2.68 bits per heavy atom. The molecule has 0 radical (unpaired) electrons. The fraction of sp³-hybridized carbons (Fsp3) is 0.179. The quantitative estimate of drug-likeness (QED) is 0.335. The number of methoxy groups -OCH3 is 1. The summed E-state index contributed by atoms with van der Waals surface area (Å²) in [6, 6.07) is 21.4. The molecule has 2 atom stereocenters. The number of rotatable bonds is 7. The molecule has 1 fully saturated rings. The first-order valence-corrected chi connectivity index (χ1v) is 12.2. The molecule has 7 nitrogen and oxygen atoms in total. The van der Waals surface area contributed by atoms with Gasteiger partial charge in [0.25, 0.3) is 0 Å². The van der Waals surface area contributed by atoms with Crippen LogP contribution < -0.4 is 15.5 Å². The Morgan fingerprint density at radius 2 is 1.95 bits per heavy atom. The van der Waals surface area contributed by atoms with E-state index in [1.54, 1.807) is 18.3 Å². The van der Waals surface area contributed by atoms with Crippen molar-refractivity contribution in [2.45, 2.75) is 19.0 Å². The van der Waals surface area contributed by atoms with Crippen LogP contribution in [-0.4, -0.2) is 34.3 Å². The predicted molar refractivity (Wildman–Crippen MR) is 145 cm³/mol. The smallest absolute Gasteiger partial charge is 0.250 e. The van der Waals surface area contributed by atoms with Crippen molar-refractivity contribution in [1.29, 1.82) is 0 Å². The highest BCUT2D eigenvalue weighted by Gasteiger charge is 2.42. The van der Waals surface area contributed by atoms with Gasteiger partial charge in [0, 0.05) is 36.6 Å². The van der Waals surface area contributed by atoms with Gasteiger partial charge in [-0.1, -0.05) is 18.2 Å². The van der Waals surface area contributed by atoms with Gasteiger partial charge in [-0.25, -0.2) is 4.39 Å². The summed E-state index contributed by atoms with van der Waals surface area (Å²) >= 11 is 5.83. The van der Waals surface area contributed by atoms with E-state index < -0.39 is 0 Å². The van der Waals surface area contributed by atoms with Crippen molar-refractivity contribution in [3.8, 4) is 5.69 Å². The Labute approximate surface area is 219 Å². The lowest BCUT2D eigenvalue weighted by Crippen LogP contribution is -2.30. The lowest BCUT2D eigenvalue weighted by atomic mass is 10.00. The van der Waals surface area contributed by atoms with Crippen LogP contribution >= 0.6 is 12.2 Å². The lowest BCUT2D eigenvalue weighted by Gasteiger charge is -2.29. The number of aromatic nitrogens is 2. The number of carbonyl (C=O) groups is 1. The Balaban J connectivity index is 1.60.